The first kappa shape index (κ1) is 21.5. The molecule has 7 nitrogen and oxygen atoms in total. The van der Waals surface area contributed by atoms with Crippen molar-refractivity contribution in [2.45, 2.75) is 31.6 Å². The molecule has 1 N–H and O–H groups in total. The van der Waals surface area contributed by atoms with Gasteiger partial charge in [-0.1, -0.05) is 24.3 Å². The number of rotatable bonds is 5. The Morgan fingerprint density at radius 2 is 1.72 bits per heavy atom. The number of hydrogen-bond donors (Lipinski definition) is 1. The summed E-state index contributed by atoms with van der Waals surface area (Å²) < 4.78 is 54.0. The first-order valence-corrected chi connectivity index (χ1v) is 9.61. The maximum atomic E-state index is 14.3. The van der Waals surface area contributed by atoms with Crippen molar-refractivity contribution in [3.05, 3.63) is 92.0 Å². The minimum atomic E-state index is -4.54. The molecule has 1 amide bonds. The van der Waals surface area contributed by atoms with E-state index in [-0.39, 0.29) is 17.3 Å². The number of nitrogens with one attached hydrogen (secondary N) is 1. The summed E-state index contributed by atoms with van der Waals surface area (Å²) in [6, 6.07) is 8.93. The van der Waals surface area contributed by atoms with Gasteiger partial charge in [-0.15, -0.1) is 0 Å². The second-order valence-electron chi connectivity index (χ2n) is 7.33. The molecule has 1 fully saturated rings. The molecule has 1 aliphatic carbocycles. The molecule has 0 unspecified atom stereocenters. The van der Waals surface area contributed by atoms with Crippen LogP contribution in [0.1, 0.15) is 34.5 Å². The van der Waals surface area contributed by atoms with Crippen LogP contribution in [0.4, 0.5) is 17.6 Å². The second kappa shape index (κ2) is 8.06. The highest BCUT2D eigenvalue weighted by molar-refractivity contribution is 5.92. The van der Waals surface area contributed by atoms with Crippen LogP contribution in [0.3, 0.4) is 0 Å². The molecular weight excluding hydrogens is 432 g/mol. The van der Waals surface area contributed by atoms with Crippen molar-refractivity contribution in [3.63, 3.8) is 0 Å². The highest BCUT2D eigenvalue weighted by atomic mass is 19.4. The summed E-state index contributed by atoms with van der Waals surface area (Å²) in [5.41, 5.74) is -3.65. The molecule has 1 aromatic heterocycles. The number of amides is 1. The molecule has 11 heteroatoms. The van der Waals surface area contributed by atoms with Crippen LogP contribution in [0.5, 0.6) is 0 Å². The highest BCUT2D eigenvalue weighted by Gasteiger charge is 2.30. The summed E-state index contributed by atoms with van der Waals surface area (Å²) in [6.45, 7) is -0.434. The molecule has 2 aromatic carbocycles. The summed E-state index contributed by atoms with van der Waals surface area (Å²) in [6.07, 6.45) is -3.07. The van der Waals surface area contributed by atoms with Gasteiger partial charge in [0, 0.05) is 6.04 Å². The number of carbonyl (C=O) groups excluding carboxylic acids is 1. The van der Waals surface area contributed by atoms with E-state index in [1.807, 2.05) is 0 Å². The fraction of sp³-hybridized carbons (Fsp3) is 0.238. The van der Waals surface area contributed by atoms with Gasteiger partial charge in [0.25, 0.3) is 11.5 Å². The van der Waals surface area contributed by atoms with Crippen LogP contribution in [-0.2, 0) is 12.7 Å². The average Bonchev–Trinajstić information content (AvgIpc) is 3.55. The standard InChI is InChI=1S/C21H16F4N4O3/c22-15-3-1-2-4-16(15)29-20(32)28(11-12-5-7-13(8-6-12)21(23,24)25)19(31)17(27-29)18(30)26-14-9-10-14/h1-8,14H,9-11H2,(H,26,30). The predicted octanol–water partition coefficient (Wildman–Crippen LogP) is 2.49. The van der Waals surface area contributed by atoms with Crippen LogP contribution in [0, 0.1) is 5.82 Å². The van der Waals surface area contributed by atoms with Gasteiger partial charge in [0.1, 0.15) is 11.5 Å². The lowest BCUT2D eigenvalue weighted by Gasteiger charge is -2.13. The molecule has 0 atom stereocenters. The Hall–Kier alpha value is -3.76. The average molecular weight is 448 g/mol. The molecule has 166 valence electrons. The van der Waals surface area contributed by atoms with Crippen LogP contribution >= 0.6 is 0 Å². The first-order valence-electron chi connectivity index (χ1n) is 9.61. The van der Waals surface area contributed by atoms with Crippen molar-refractivity contribution in [1.29, 1.82) is 0 Å². The lowest BCUT2D eigenvalue weighted by atomic mass is 10.1. The van der Waals surface area contributed by atoms with Gasteiger partial charge in [0.05, 0.1) is 12.1 Å². The van der Waals surface area contributed by atoms with Gasteiger partial charge in [-0.05, 0) is 42.7 Å². The van der Waals surface area contributed by atoms with Crippen molar-refractivity contribution >= 4 is 5.91 Å². The van der Waals surface area contributed by atoms with Gasteiger partial charge in [-0.2, -0.15) is 23.0 Å². The molecular formula is C21H16F4N4O3. The first-order chi connectivity index (χ1) is 15.1. The minimum Gasteiger partial charge on any atom is -0.348 e. The summed E-state index contributed by atoms with van der Waals surface area (Å²) in [5.74, 6) is -1.63. The molecule has 1 aliphatic rings. The number of alkyl halides is 3. The Labute approximate surface area is 177 Å². The van der Waals surface area contributed by atoms with Gasteiger partial charge in [0.2, 0.25) is 5.69 Å². The van der Waals surface area contributed by atoms with Crippen molar-refractivity contribution < 1.29 is 22.4 Å². The van der Waals surface area contributed by atoms with E-state index < -0.39 is 47.0 Å². The molecule has 32 heavy (non-hydrogen) atoms. The van der Waals surface area contributed by atoms with Crippen molar-refractivity contribution in [2.75, 3.05) is 0 Å². The van der Waals surface area contributed by atoms with Crippen LogP contribution < -0.4 is 16.6 Å². The Morgan fingerprint density at radius 3 is 2.31 bits per heavy atom. The maximum absolute atomic E-state index is 14.3. The number of aromatic nitrogens is 3. The van der Waals surface area contributed by atoms with E-state index >= 15 is 0 Å². The third-order valence-electron chi connectivity index (χ3n) is 4.89. The zero-order chi connectivity index (χ0) is 23.0. The largest absolute Gasteiger partial charge is 0.416 e. The van der Waals surface area contributed by atoms with Crippen LogP contribution in [-0.4, -0.2) is 26.3 Å². The molecule has 1 heterocycles. The second-order valence-corrected chi connectivity index (χ2v) is 7.33. The molecule has 4 rings (SSSR count). The van der Waals surface area contributed by atoms with E-state index in [0.29, 0.717) is 9.25 Å². The summed E-state index contributed by atoms with van der Waals surface area (Å²) in [7, 11) is 0. The zero-order valence-electron chi connectivity index (χ0n) is 16.4. The van der Waals surface area contributed by atoms with Crippen LogP contribution in [0.2, 0.25) is 0 Å². The Morgan fingerprint density at radius 1 is 1.06 bits per heavy atom. The zero-order valence-corrected chi connectivity index (χ0v) is 16.4. The lowest BCUT2D eigenvalue weighted by Crippen LogP contribution is -2.46. The molecule has 0 saturated heterocycles. The maximum Gasteiger partial charge on any atom is 0.416 e. The molecule has 0 radical (unpaired) electrons. The quantitative estimate of drug-likeness (QED) is 0.608. The molecule has 1 saturated carbocycles. The Balaban J connectivity index is 1.82. The number of benzene rings is 2. The summed E-state index contributed by atoms with van der Waals surface area (Å²) in [4.78, 5) is 38.4. The minimum absolute atomic E-state index is 0.110. The van der Waals surface area contributed by atoms with Crippen LogP contribution in [0.15, 0.2) is 58.1 Å². The third kappa shape index (κ3) is 4.32. The lowest BCUT2D eigenvalue weighted by molar-refractivity contribution is -0.137. The molecule has 0 spiro atoms. The fourth-order valence-electron chi connectivity index (χ4n) is 3.04. The monoisotopic (exact) mass is 448 g/mol. The topological polar surface area (TPSA) is 86.0 Å². The number of carbonyl (C=O) groups is 1. The van der Waals surface area contributed by atoms with Gasteiger partial charge < -0.3 is 5.32 Å². The van der Waals surface area contributed by atoms with Gasteiger partial charge in [0.15, 0.2) is 0 Å². The van der Waals surface area contributed by atoms with Crippen LogP contribution in [0.25, 0.3) is 5.69 Å². The van der Waals surface area contributed by atoms with E-state index in [1.165, 1.54) is 18.2 Å². The predicted molar refractivity (Wildman–Crippen MR) is 105 cm³/mol. The van der Waals surface area contributed by atoms with E-state index in [2.05, 4.69) is 10.4 Å². The Kier molecular flexibility index (Phi) is 5.41. The van der Waals surface area contributed by atoms with E-state index in [9.17, 15) is 31.9 Å². The van der Waals surface area contributed by atoms with Crippen molar-refractivity contribution in [2.24, 2.45) is 0 Å². The van der Waals surface area contributed by atoms with E-state index in [1.54, 1.807) is 0 Å². The SMILES string of the molecule is O=C(NC1CC1)c1nn(-c2ccccc2F)c(=O)n(Cc2ccc(C(F)(F)F)cc2)c1=O. The van der Waals surface area contributed by atoms with Crippen molar-refractivity contribution in [3.8, 4) is 5.69 Å². The third-order valence-corrected chi connectivity index (χ3v) is 4.89. The highest BCUT2D eigenvalue weighted by Crippen LogP contribution is 2.29. The van der Waals surface area contributed by atoms with E-state index in [4.69, 9.17) is 0 Å². The summed E-state index contributed by atoms with van der Waals surface area (Å²) >= 11 is 0. The molecule has 0 aliphatic heterocycles. The molecule has 3 aromatic rings. The number of hydrogen-bond acceptors (Lipinski definition) is 4. The van der Waals surface area contributed by atoms with Gasteiger partial charge >= 0.3 is 11.9 Å². The number of nitrogens with zero attached hydrogens (tertiary/aromatic N) is 3. The number of para-hydroxylation sites is 1. The molecule has 0 bridgehead atoms. The summed E-state index contributed by atoms with van der Waals surface area (Å²) in [5, 5.41) is 6.39. The smallest absolute Gasteiger partial charge is 0.348 e. The van der Waals surface area contributed by atoms with E-state index in [0.717, 1.165) is 43.2 Å². The fourth-order valence-corrected chi connectivity index (χ4v) is 3.04. The van der Waals surface area contributed by atoms with Gasteiger partial charge in [-0.3, -0.25) is 14.2 Å². The van der Waals surface area contributed by atoms with Gasteiger partial charge in [-0.25, -0.2) is 9.18 Å². The van der Waals surface area contributed by atoms with Crippen molar-refractivity contribution in [1.82, 2.24) is 19.7 Å². The Bertz CT molecular complexity index is 1290. The normalized spacial score (nSPS) is 13.8. The number of halogens is 4.